The molecule has 0 spiro atoms. The van der Waals surface area contributed by atoms with E-state index in [4.69, 9.17) is 9.97 Å². The molecule has 2 aromatic heterocycles. The second-order valence-corrected chi connectivity index (χ2v) is 10.6. The number of piperazine rings is 1. The molecule has 0 radical (unpaired) electrons. The predicted molar refractivity (Wildman–Crippen MR) is 140 cm³/mol. The second-order valence-electron chi connectivity index (χ2n) is 10.6. The molecule has 2 N–H and O–H groups in total. The van der Waals surface area contributed by atoms with Gasteiger partial charge in [-0.15, -0.1) is 0 Å². The highest BCUT2D eigenvalue weighted by molar-refractivity contribution is 5.74. The molecule has 1 fully saturated rings. The van der Waals surface area contributed by atoms with Gasteiger partial charge in [-0.05, 0) is 26.0 Å². The Morgan fingerprint density at radius 1 is 1.08 bits per heavy atom. The standard InChI is InChI=1S/C27H33F2N7O2/c1-27(2,38)25(37)23-12-21-22(16-33(23)3)31-24(18-13-30-34(4)14-18)26(32-21)36-9-7-35(8-10-36)15-17-5-6-19(28)11-20(17)29/h5-6,11-14,25,37-38H,7-10,15-16H2,1-4H3/t25-/m0/s1. The summed E-state index contributed by atoms with van der Waals surface area (Å²) in [5.74, 6) is -0.404. The van der Waals surface area contributed by atoms with E-state index in [2.05, 4.69) is 14.9 Å². The van der Waals surface area contributed by atoms with Gasteiger partial charge in [-0.3, -0.25) is 9.58 Å². The maximum Gasteiger partial charge on any atom is 0.156 e. The average molecular weight is 526 g/mol. The first-order chi connectivity index (χ1) is 18.0. The summed E-state index contributed by atoms with van der Waals surface area (Å²) in [5.41, 5.74) is 2.73. The molecule has 0 amide bonds. The lowest BCUT2D eigenvalue weighted by Gasteiger charge is -2.37. The van der Waals surface area contributed by atoms with Crippen molar-refractivity contribution < 1.29 is 19.0 Å². The van der Waals surface area contributed by atoms with Crippen LogP contribution in [-0.4, -0.2) is 84.7 Å². The SMILES string of the molecule is CN1Cc2nc(-c3cnn(C)c3)c(N3CCN(Cc4ccc(F)cc4F)CC3)nc2C=C1[C@H](O)C(C)(C)O. The molecule has 1 aromatic carbocycles. The molecule has 0 unspecified atom stereocenters. The topological polar surface area (TPSA) is 93.8 Å². The summed E-state index contributed by atoms with van der Waals surface area (Å²) in [6.45, 7) is 6.61. The van der Waals surface area contributed by atoms with Crippen molar-refractivity contribution in [3.8, 4) is 11.3 Å². The Labute approximate surface area is 220 Å². The molecule has 4 heterocycles. The van der Waals surface area contributed by atoms with Crippen molar-refractivity contribution in [1.82, 2.24) is 29.5 Å². The zero-order valence-electron chi connectivity index (χ0n) is 22.1. The Kier molecular flexibility index (Phi) is 6.93. The van der Waals surface area contributed by atoms with Gasteiger partial charge in [0.1, 0.15) is 23.4 Å². The maximum atomic E-state index is 14.2. The fourth-order valence-electron chi connectivity index (χ4n) is 4.89. The number of aliphatic hydroxyl groups excluding tert-OH is 1. The molecule has 0 saturated carbocycles. The van der Waals surface area contributed by atoms with Crippen molar-refractivity contribution in [1.29, 1.82) is 0 Å². The van der Waals surface area contributed by atoms with Gasteiger partial charge in [0.25, 0.3) is 0 Å². The van der Waals surface area contributed by atoms with E-state index in [0.29, 0.717) is 62.0 Å². The summed E-state index contributed by atoms with van der Waals surface area (Å²) in [4.78, 5) is 16.2. The van der Waals surface area contributed by atoms with Crippen molar-refractivity contribution in [2.75, 3.05) is 38.1 Å². The minimum atomic E-state index is -1.32. The zero-order valence-corrected chi connectivity index (χ0v) is 22.1. The summed E-state index contributed by atoms with van der Waals surface area (Å²) >= 11 is 0. The highest BCUT2D eigenvalue weighted by atomic mass is 19.1. The van der Waals surface area contributed by atoms with Gasteiger partial charge in [0.2, 0.25) is 0 Å². The van der Waals surface area contributed by atoms with Crippen molar-refractivity contribution in [2.24, 2.45) is 7.05 Å². The molecule has 3 aromatic rings. The van der Waals surface area contributed by atoms with Crippen LogP contribution < -0.4 is 4.90 Å². The number of halogens is 2. The van der Waals surface area contributed by atoms with Crippen molar-refractivity contribution in [3.05, 3.63) is 64.9 Å². The van der Waals surface area contributed by atoms with Crippen LogP contribution in [0.25, 0.3) is 17.3 Å². The Hall–Kier alpha value is -3.41. The van der Waals surface area contributed by atoms with Crippen LogP contribution in [0, 0.1) is 11.6 Å². The molecule has 38 heavy (non-hydrogen) atoms. The van der Waals surface area contributed by atoms with Crippen LogP contribution in [0.3, 0.4) is 0 Å². The number of fused-ring (bicyclic) bond motifs is 1. The van der Waals surface area contributed by atoms with E-state index < -0.39 is 23.3 Å². The van der Waals surface area contributed by atoms with Crippen molar-refractivity contribution >= 4 is 11.9 Å². The van der Waals surface area contributed by atoms with Gasteiger partial charge in [0, 0.05) is 75.9 Å². The molecule has 11 heteroatoms. The third-order valence-corrected chi connectivity index (χ3v) is 7.10. The number of nitrogens with zero attached hydrogens (tertiary/aromatic N) is 7. The third-order valence-electron chi connectivity index (χ3n) is 7.10. The first-order valence-electron chi connectivity index (χ1n) is 12.6. The average Bonchev–Trinajstić information content (AvgIpc) is 3.30. The Morgan fingerprint density at radius 3 is 2.45 bits per heavy atom. The van der Waals surface area contributed by atoms with Crippen molar-refractivity contribution in [2.45, 2.75) is 38.6 Å². The van der Waals surface area contributed by atoms with Gasteiger partial charge in [-0.2, -0.15) is 5.10 Å². The second kappa shape index (κ2) is 10.0. The monoisotopic (exact) mass is 525 g/mol. The molecule has 2 aliphatic heterocycles. The van der Waals surface area contributed by atoms with E-state index >= 15 is 0 Å². The molecule has 9 nitrogen and oxygen atoms in total. The largest absolute Gasteiger partial charge is 0.387 e. The van der Waals surface area contributed by atoms with Crippen LogP contribution in [0.2, 0.25) is 0 Å². The molecule has 0 bridgehead atoms. The van der Waals surface area contributed by atoms with Crippen molar-refractivity contribution in [3.63, 3.8) is 0 Å². The van der Waals surface area contributed by atoms with Crippen LogP contribution in [0.4, 0.5) is 14.6 Å². The van der Waals surface area contributed by atoms with E-state index in [0.717, 1.165) is 23.0 Å². The van der Waals surface area contributed by atoms with E-state index in [9.17, 15) is 19.0 Å². The molecular weight excluding hydrogens is 492 g/mol. The lowest BCUT2D eigenvalue weighted by atomic mass is 9.95. The summed E-state index contributed by atoms with van der Waals surface area (Å²) in [7, 11) is 3.70. The Balaban J connectivity index is 1.44. The molecule has 0 aliphatic carbocycles. The minimum absolute atomic E-state index is 0.401. The van der Waals surface area contributed by atoms with E-state index in [-0.39, 0.29) is 0 Å². The quantitative estimate of drug-likeness (QED) is 0.507. The van der Waals surface area contributed by atoms with Gasteiger partial charge >= 0.3 is 0 Å². The fraction of sp³-hybridized carbons (Fsp3) is 0.444. The Bertz CT molecular complexity index is 1360. The summed E-state index contributed by atoms with van der Waals surface area (Å²) in [6.07, 6.45) is 4.37. The minimum Gasteiger partial charge on any atom is -0.387 e. The van der Waals surface area contributed by atoms with Crippen LogP contribution >= 0.6 is 0 Å². The number of aromatic nitrogens is 4. The van der Waals surface area contributed by atoms with Gasteiger partial charge in [-0.25, -0.2) is 18.7 Å². The zero-order chi connectivity index (χ0) is 27.2. The van der Waals surface area contributed by atoms with E-state index in [1.165, 1.54) is 12.1 Å². The number of rotatable bonds is 6. The Morgan fingerprint density at radius 2 is 1.82 bits per heavy atom. The van der Waals surface area contributed by atoms with E-state index in [1.807, 2.05) is 25.2 Å². The summed E-state index contributed by atoms with van der Waals surface area (Å²) < 4.78 is 29.2. The predicted octanol–water partition coefficient (Wildman–Crippen LogP) is 2.40. The molecule has 1 atom stereocenters. The molecule has 202 valence electrons. The number of likely N-dealkylation sites (N-methyl/N-ethyl adjacent to an activating group) is 1. The highest BCUT2D eigenvalue weighted by Crippen LogP contribution is 2.34. The van der Waals surface area contributed by atoms with Crippen LogP contribution in [0.5, 0.6) is 0 Å². The number of anilines is 1. The number of hydrogen-bond donors (Lipinski definition) is 2. The van der Waals surface area contributed by atoms with Gasteiger partial charge in [-0.1, -0.05) is 6.07 Å². The number of benzene rings is 1. The number of aryl methyl sites for hydroxylation is 1. The fourth-order valence-corrected chi connectivity index (χ4v) is 4.89. The lowest BCUT2D eigenvalue weighted by Crippen LogP contribution is -2.46. The molecule has 5 rings (SSSR count). The van der Waals surface area contributed by atoms with Crippen LogP contribution in [-0.2, 0) is 20.1 Å². The smallest absolute Gasteiger partial charge is 0.156 e. The maximum absolute atomic E-state index is 14.2. The highest BCUT2D eigenvalue weighted by Gasteiger charge is 2.34. The summed E-state index contributed by atoms with van der Waals surface area (Å²) in [5, 5.41) is 25.5. The number of hydrogen-bond acceptors (Lipinski definition) is 8. The lowest BCUT2D eigenvalue weighted by molar-refractivity contribution is -0.0391. The first kappa shape index (κ1) is 26.2. The molecular formula is C27H33F2N7O2. The van der Waals surface area contributed by atoms with Gasteiger partial charge < -0.3 is 20.0 Å². The van der Waals surface area contributed by atoms with Gasteiger partial charge in [0.05, 0.1) is 29.7 Å². The number of aliphatic hydroxyl groups is 2. The normalized spacial score (nSPS) is 17.4. The molecule has 2 aliphatic rings. The van der Waals surface area contributed by atoms with Crippen LogP contribution in [0.15, 0.2) is 36.3 Å². The van der Waals surface area contributed by atoms with Crippen LogP contribution in [0.1, 0.15) is 30.8 Å². The summed E-state index contributed by atoms with van der Waals surface area (Å²) in [6, 6.07) is 3.70. The first-order valence-corrected chi connectivity index (χ1v) is 12.6. The third kappa shape index (κ3) is 5.27. The van der Waals surface area contributed by atoms with Gasteiger partial charge in [0.15, 0.2) is 5.82 Å². The molecule has 1 saturated heterocycles. The van der Waals surface area contributed by atoms with E-state index in [1.54, 1.807) is 30.8 Å².